The molecule has 0 amide bonds. The Morgan fingerprint density at radius 3 is 2.21 bits per heavy atom. The van der Waals surface area contributed by atoms with Crippen molar-refractivity contribution in [2.75, 3.05) is 7.18 Å². The lowest BCUT2D eigenvalue weighted by molar-refractivity contribution is 0.636. The van der Waals surface area contributed by atoms with Crippen molar-refractivity contribution in [3.05, 3.63) is 23.8 Å². The smallest absolute Gasteiger partial charge is 0.0785 e. The van der Waals surface area contributed by atoms with Gasteiger partial charge in [-0.15, -0.1) is 0 Å². The zero-order chi connectivity index (χ0) is 11.2. The highest BCUT2D eigenvalue weighted by Crippen LogP contribution is 2.10. The molecule has 0 rings (SSSR count). The van der Waals surface area contributed by atoms with E-state index >= 15 is 0 Å². The summed E-state index contributed by atoms with van der Waals surface area (Å²) in [5.74, 6) is 0. The maximum atomic E-state index is 9.50. The van der Waals surface area contributed by atoms with Crippen LogP contribution in [0.15, 0.2) is 23.8 Å². The van der Waals surface area contributed by atoms with Gasteiger partial charge in [-0.25, -0.2) is 0 Å². The molecule has 0 atom stereocenters. The van der Waals surface area contributed by atoms with Gasteiger partial charge in [0, 0.05) is 0 Å². The summed E-state index contributed by atoms with van der Waals surface area (Å²) < 4.78 is 9.50. The highest BCUT2D eigenvalue weighted by molar-refractivity contribution is 5.17. The molecule has 0 fully saturated rings. The first-order valence-corrected chi connectivity index (χ1v) is 5.54. The summed E-state index contributed by atoms with van der Waals surface area (Å²) in [6.45, 7) is 6.55. The van der Waals surface area contributed by atoms with E-state index in [9.17, 15) is 4.39 Å². The van der Waals surface area contributed by atoms with Crippen molar-refractivity contribution in [2.45, 2.75) is 52.9 Å². The summed E-state index contributed by atoms with van der Waals surface area (Å²) in [6.07, 6.45) is 13.1. The Hall–Kier alpha value is -0.590. The first-order chi connectivity index (χ1) is 6.85. The number of rotatable bonds is 6. The van der Waals surface area contributed by atoms with Gasteiger partial charge in [-0.1, -0.05) is 50.5 Å². The molecular formula is C13H25F. The van der Waals surface area contributed by atoms with E-state index in [1.165, 1.54) is 31.3 Å². The molecule has 0 heterocycles. The Bertz CT molecular complexity index is 145. The Morgan fingerprint density at radius 1 is 1.14 bits per heavy atom. The standard InChI is InChI=1S/C12H22.CH3F/c1-4-7-9-11-12(6-3)10-8-5-2;1-2/h6,8,10H,4-5,7,9,11H2,1-3H3;1H3/b10-8-,12-6+;. The highest BCUT2D eigenvalue weighted by atomic mass is 19.1. The first kappa shape index (κ1) is 15.9. The van der Waals surface area contributed by atoms with E-state index in [1.54, 1.807) is 0 Å². The fourth-order valence-electron chi connectivity index (χ4n) is 1.17. The van der Waals surface area contributed by atoms with E-state index in [0.717, 1.165) is 6.42 Å². The van der Waals surface area contributed by atoms with Crippen molar-refractivity contribution in [2.24, 2.45) is 0 Å². The van der Waals surface area contributed by atoms with Gasteiger partial charge in [-0.2, -0.15) is 0 Å². The quantitative estimate of drug-likeness (QED) is 0.415. The summed E-state index contributed by atoms with van der Waals surface area (Å²) in [5.41, 5.74) is 1.49. The van der Waals surface area contributed by atoms with Crippen LogP contribution in [0.25, 0.3) is 0 Å². The second-order valence-electron chi connectivity index (χ2n) is 3.13. The lowest BCUT2D eigenvalue weighted by atomic mass is 10.1. The third-order valence-corrected chi connectivity index (χ3v) is 2.01. The van der Waals surface area contributed by atoms with Crippen molar-refractivity contribution in [3.8, 4) is 0 Å². The van der Waals surface area contributed by atoms with Gasteiger partial charge in [0.25, 0.3) is 0 Å². The fraction of sp³-hybridized carbons (Fsp3) is 0.692. The van der Waals surface area contributed by atoms with Crippen LogP contribution in [-0.4, -0.2) is 7.18 Å². The summed E-state index contributed by atoms with van der Waals surface area (Å²) in [5, 5.41) is 0. The number of hydrogen-bond donors (Lipinski definition) is 0. The molecule has 0 aromatic carbocycles. The maximum Gasteiger partial charge on any atom is 0.0785 e. The Morgan fingerprint density at radius 2 is 1.79 bits per heavy atom. The van der Waals surface area contributed by atoms with E-state index in [-0.39, 0.29) is 0 Å². The van der Waals surface area contributed by atoms with Gasteiger partial charge in [0.2, 0.25) is 0 Å². The monoisotopic (exact) mass is 200 g/mol. The molecule has 0 aliphatic rings. The van der Waals surface area contributed by atoms with Crippen LogP contribution < -0.4 is 0 Å². The minimum Gasteiger partial charge on any atom is -0.255 e. The molecule has 0 nitrogen and oxygen atoms in total. The van der Waals surface area contributed by atoms with Gasteiger partial charge in [0.1, 0.15) is 0 Å². The molecule has 0 aliphatic carbocycles. The van der Waals surface area contributed by atoms with Crippen molar-refractivity contribution in [1.82, 2.24) is 0 Å². The molecule has 0 N–H and O–H groups in total. The summed E-state index contributed by atoms with van der Waals surface area (Å²) in [7, 11) is 0.500. The molecule has 84 valence electrons. The largest absolute Gasteiger partial charge is 0.255 e. The maximum absolute atomic E-state index is 9.50. The molecule has 0 spiro atoms. The van der Waals surface area contributed by atoms with Crippen molar-refractivity contribution < 1.29 is 4.39 Å². The Labute approximate surface area is 88.9 Å². The van der Waals surface area contributed by atoms with Crippen LogP contribution in [0, 0.1) is 0 Å². The summed E-state index contributed by atoms with van der Waals surface area (Å²) in [6, 6.07) is 0. The predicted octanol–water partition coefficient (Wildman–Crippen LogP) is 5.06. The molecule has 0 radical (unpaired) electrons. The highest BCUT2D eigenvalue weighted by Gasteiger charge is 1.90. The van der Waals surface area contributed by atoms with Gasteiger partial charge < -0.3 is 0 Å². The van der Waals surface area contributed by atoms with E-state index in [2.05, 4.69) is 39.0 Å². The normalized spacial score (nSPS) is 11.4. The molecular weight excluding hydrogens is 175 g/mol. The summed E-state index contributed by atoms with van der Waals surface area (Å²) in [4.78, 5) is 0. The second-order valence-corrected chi connectivity index (χ2v) is 3.13. The molecule has 1 heteroatoms. The number of hydrogen-bond acceptors (Lipinski definition) is 0. The third kappa shape index (κ3) is 11.4. The lowest BCUT2D eigenvalue weighted by Gasteiger charge is -1.99. The van der Waals surface area contributed by atoms with E-state index in [1.807, 2.05) is 0 Å². The molecule has 0 saturated heterocycles. The zero-order valence-electron chi connectivity index (χ0n) is 10.1. The SMILES string of the molecule is C/C=C(\C=C/CC)CCCCC.CF. The van der Waals surface area contributed by atoms with Crippen LogP contribution >= 0.6 is 0 Å². The van der Waals surface area contributed by atoms with Crippen LogP contribution in [0.3, 0.4) is 0 Å². The van der Waals surface area contributed by atoms with Crippen molar-refractivity contribution in [3.63, 3.8) is 0 Å². The van der Waals surface area contributed by atoms with Gasteiger partial charge in [0.05, 0.1) is 7.18 Å². The van der Waals surface area contributed by atoms with E-state index < -0.39 is 0 Å². The molecule has 14 heavy (non-hydrogen) atoms. The summed E-state index contributed by atoms with van der Waals surface area (Å²) >= 11 is 0. The topological polar surface area (TPSA) is 0 Å². The van der Waals surface area contributed by atoms with Crippen molar-refractivity contribution >= 4 is 0 Å². The van der Waals surface area contributed by atoms with E-state index in [0.29, 0.717) is 7.18 Å². The predicted molar refractivity (Wildman–Crippen MR) is 64.4 cm³/mol. The van der Waals surface area contributed by atoms with Crippen molar-refractivity contribution in [1.29, 1.82) is 0 Å². The van der Waals surface area contributed by atoms with Crippen LogP contribution in [0.5, 0.6) is 0 Å². The van der Waals surface area contributed by atoms with Crippen LogP contribution in [0.1, 0.15) is 52.9 Å². The minimum atomic E-state index is 0.500. The lowest BCUT2D eigenvalue weighted by Crippen LogP contribution is -1.79. The fourth-order valence-corrected chi connectivity index (χ4v) is 1.17. The number of allylic oxidation sites excluding steroid dienone is 4. The number of unbranched alkanes of at least 4 members (excludes halogenated alkanes) is 2. The zero-order valence-corrected chi connectivity index (χ0v) is 10.1. The number of alkyl halides is 1. The Kier molecular flexibility index (Phi) is 16.9. The van der Waals surface area contributed by atoms with E-state index in [4.69, 9.17) is 0 Å². The first-order valence-electron chi connectivity index (χ1n) is 5.54. The van der Waals surface area contributed by atoms with Crippen LogP contribution in [-0.2, 0) is 0 Å². The molecule has 0 aliphatic heterocycles. The molecule has 0 aromatic heterocycles. The molecule has 0 unspecified atom stereocenters. The Balaban J connectivity index is 0. The van der Waals surface area contributed by atoms with Gasteiger partial charge in [-0.3, -0.25) is 4.39 Å². The average Bonchev–Trinajstić information content (AvgIpc) is 2.26. The van der Waals surface area contributed by atoms with Gasteiger partial charge in [0.15, 0.2) is 0 Å². The van der Waals surface area contributed by atoms with Gasteiger partial charge >= 0.3 is 0 Å². The molecule has 0 saturated carbocycles. The van der Waals surface area contributed by atoms with Gasteiger partial charge in [-0.05, 0) is 26.2 Å². The second kappa shape index (κ2) is 14.9. The molecule has 0 aromatic rings. The minimum absolute atomic E-state index is 0.500. The number of halogens is 1. The third-order valence-electron chi connectivity index (χ3n) is 2.01. The van der Waals surface area contributed by atoms with Crippen LogP contribution in [0.2, 0.25) is 0 Å². The average molecular weight is 200 g/mol. The molecule has 0 bridgehead atoms. The van der Waals surface area contributed by atoms with Crippen LogP contribution in [0.4, 0.5) is 4.39 Å².